The SMILES string of the molecule is CC1CCCCN1Cc1ccc(NC(=O)c2cccc(S(=O)(=O)N3CCN(C)CC3)c2)cc1. The second-order valence-electron chi connectivity index (χ2n) is 9.20. The molecule has 1 N–H and O–H groups in total. The Morgan fingerprint density at radius 2 is 1.73 bits per heavy atom. The topological polar surface area (TPSA) is 73.0 Å². The normalized spacial score (nSPS) is 21.1. The number of sulfonamides is 1. The summed E-state index contributed by atoms with van der Waals surface area (Å²) in [7, 11) is -1.63. The fourth-order valence-corrected chi connectivity index (χ4v) is 5.97. The summed E-state index contributed by atoms with van der Waals surface area (Å²) in [6, 6.07) is 14.8. The lowest BCUT2D eigenvalue weighted by Gasteiger charge is -2.33. The number of anilines is 1. The van der Waals surface area contributed by atoms with Gasteiger partial charge in [-0.15, -0.1) is 0 Å². The van der Waals surface area contributed by atoms with Crippen LogP contribution < -0.4 is 5.32 Å². The molecule has 4 rings (SSSR count). The fourth-order valence-electron chi connectivity index (χ4n) is 4.50. The Morgan fingerprint density at radius 3 is 2.42 bits per heavy atom. The lowest BCUT2D eigenvalue weighted by molar-refractivity contribution is 0.102. The van der Waals surface area contributed by atoms with E-state index in [4.69, 9.17) is 0 Å². The minimum Gasteiger partial charge on any atom is -0.322 e. The lowest BCUT2D eigenvalue weighted by Crippen LogP contribution is -2.47. The number of piperazine rings is 1. The van der Waals surface area contributed by atoms with Gasteiger partial charge in [0.1, 0.15) is 0 Å². The highest BCUT2D eigenvalue weighted by Gasteiger charge is 2.28. The van der Waals surface area contributed by atoms with Gasteiger partial charge in [-0.1, -0.05) is 24.6 Å². The lowest BCUT2D eigenvalue weighted by atomic mass is 10.0. The van der Waals surface area contributed by atoms with E-state index in [9.17, 15) is 13.2 Å². The van der Waals surface area contributed by atoms with Crippen molar-refractivity contribution < 1.29 is 13.2 Å². The van der Waals surface area contributed by atoms with Crippen molar-refractivity contribution in [2.75, 3.05) is 45.1 Å². The number of carbonyl (C=O) groups is 1. The Hall–Kier alpha value is -2.26. The van der Waals surface area contributed by atoms with Gasteiger partial charge in [-0.25, -0.2) is 8.42 Å². The van der Waals surface area contributed by atoms with E-state index < -0.39 is 10.0 Å². The summed E-state index contributed by atoms with van der Waals surface area (Å²) in [5.74, 6) is -0.317. The second kappa shape index (κ2) is 10.3. The summed E-state index contributed by atoms with van der Waals surface area (Å²) in [6.45, 7) is 6.65. The highest BCUT2D eigenvalue weighted by atomic mass is 32.2. The van der Waals surface area contributed by atoms with Crippen molar-refractivity contribution in [3.05, 3.63) is 59.7 Å². The maximum Gasteiger partial charge on any atom is 0.255 e. The molecule has 2 fully saturated rings. The van der Waals surface area contributed by atoms with Crippen LogP contribution >= 0.6 is 0 Å². The van der Waals surface area contributed by atoms with E-state index in [2.05, 4.69) is 22.0 Å². The van der Waals surface area contributed by atoms with Crippen LogP contribution in [0.4, 0.5) is 5.69 Å². The predicted octanol–water partition coefficient (Wildman–Crippen LogP) is 3.25. The molecule has 0 bridgehead atoms. The van der Waals surface area contributed by atoms with Crippen LogP contribution in [0.1, 0.15) is 42.1 Å². The van der Waals surface area contributed by atoms with Crippen LogP contribution in [0.2, 0.25) is 0 Å². The van der Waals surface area contributed by atoms with E-state index >= 15 is 0 Å². The average molecular weight is 471 g/mol. The Morgan fingerprint density at radius 1 is 1.00 bits per heavy atom. The summed E-state index contributed by atoms with van der Waals surface area (Å²) >= 11 is 0. The molecule has 1 atom stereocenters. The van der Waals surface area contributed by atoms with E-state index in [0.29, 0.717) is 43.5 Å². The molecule has 0 saturated carbocycles. The van der Waals surface area contributed by atoms with E-state index in [1.54, 1.807) is 18.2 Å². The van der Waals surface area contributed by atoms with Crippen LogP contribution in [0, 0.1) is 0 Å². The van der Waals surface area contributed by atoms with Gasteiger partial charge in [-0.2, -0.15) is 4.31 Å². The Bertz CT molecular complexity index is 1060. The van der Waals surface area contributed by atoms with E-state index in [1.165, 1.54) is 35.2 Å². The average Bonchev–Trinajstić information content (AvgIpc) is 2.82. The summed E-state index contributed by atoms with van der Waals surface area (Å²) in [5, 5.41) is 2.89. The van der Waals surface area contributed by atoms with Gasteiger partial charge in [0.05, 0.1) is 4.90 Å². The molecule has 2 aromatic rings. The van der Waals surface area contributed by atoms with E-state index in [-0.39, 0.29) is 10.8 Å². The van der Waals surface area contributed by atoms with Crippen LogP contribution in [0.25, 0.3) is 0 Å². The highest BCUT2D eigenvalue weighted by molar-refractivity contribution is 7.89. The number of hydrogen-bond acceptors (Lipinski definition) is 5. The number of nitrogens with one attached hydrogen (secondary N) is 1. The smallest absolute Gasteiger partial charge is 0.255 e. The van der Waals surface area contributed by atoms with Crippen molar-refractivity contribution in [2.24, 2.45) is 0 Å². The van der Waals surface area contributed by atoms with Crippen LogP contribution in [-0.4, -0.2) is 74.2 Å². The standard InChI is InChI=1S/C25H34N4O3S/c1-20-6-3-4-13-28(20)19-21-9-11-23(12-10-21)26-25(30)22-7-5-8-24(18-22)33(31,32)29-16-14-27(2)15-17-29/h5,7-12,18,20H,3-4,6,13-17,19H2,1-2H3,(H,26,30). The van der Waals surface area contributed by atoms with Crippen molar-refractivity contribution in [1.29, 1.82) is 0 Å². The third-order valence-electron chi connectivity index (χ3n) is 6.73. The monoisotopic (exact) mass is 470 g/mol. The first-order valence-corrected chi connectivity index (χ1v) is 13.2. The zero-order chi connectivity index (χ0) is 23.4. The maximum atomic E-state index is 13.0. The number of rotatable bonds is 6. The van der Waals surface area contributed by atoms with Crippen molar-refractivity contribution in [3.63, 3.8) is 0 Å². The quantitative estimate of drug-likeness (QED) is 0.702. The zero-order valence-electron chi connectivity index (χ0n) is 19.5. The first-order chi connectivity index (χ1) is 15.8. The Kier molecular flexibility index (Phi) is 7.48. The molecule has 2 saturated heterocycles. The molecule has 0 aliphatic carbocycles. The van der Waals surface area contributed by atoms with Gasteiger partial charge in [0.15, 0.2) is 0 Å². The minimum absolute atomic E-state index is 0.158. The Labute approximate surface area is 197 Å². The summed E-state index contributed by atoms with van der Waals surface area (Å²) in [4.78, 5) is 17.6. The molecule has 2 heterocycles. The van der Waals surface area contributed by atoms with Gasteiger partial charge in [0, 0.05) is 50.0 Å². The van der Waals surface area contributed by atoms with Gasteiger partial charge >= 0.3 is 0 Å². The number of likely N-dealkylation sites (tertiary alicyclic amines) is 1. The molecule has 7 nitrogen and oxygen atoms in total. The van der Waals surface area contributed by atoms with Crippen LogP contribution in [0.3, 0.4) is 0 Å². The third kappa shape index (κ3) is 5.81. The predicted molar refractivity (Wildman–Crippen MR) is 131 cm³/mol. The van der Waals surface area contributed by atoms with E-state index in [1.807, 2.05) is 31.3 Å². The number of nitrogens with zero attached hydrogens (tertiary/aromatic N) is 3. The highest BCUT2D eigenvalue weighted by Crippen LogP contribution is 2.22. The van der Waals surface area contributed by atoms with Gasteiger partial charge in [0.2, 0.25) is 10.0 Å². The van der Waals surface area contributed by atoms with Gasteiger partial charge in [-0.05, 0) is 69.3 Å². The molecule has 178 valence electrons. The molecule has 1 unspecified atom stereocenters. The molecule has 1 amide bonds. The maximum absolute atomic E-state index is 13.0. The van der Waals surface area contributed by atoms with Crippen molar-refractivity contribution in [3.8, 4) is 0 Å². The number of benzene rings is 2. The largest absolute Gasteiger partial charge is 0.322 e. The molecule has 0 radical (unpaired) electrons. The summed E-state index contributed by atoms with van der Waals surface area (Å²) in [5.41, 5.74) is 2.25. The fraction of sp³-hybridized carbons (Fsp3) is 0.480. The molecule has 2 aliphatic heterocycles. The van der Waals surface area contributed by atoms with Gasteiger partial charge in [0.25, 0.3) is 5.91 Å². The first kappa shape index (κ1) is 23.9. The first-order valence-electron chi connectivity index (χ1n) is 11.8. The molecule has 0 spiro atoms. The Balaban J connectivity index is 1.40. The molecule has 2 aromatic carbocycles. The molecule has 2 aliphatic rings. The number of likely N-dealkylation sites (N-methyl/N-ethyl adjacent to an activating group) is 1. The number of carbonyl (C=O) groups excluding carboxylic acids is 1. The summed E-state index contributed by atoms with van der Waals surface area (Å²) in [6.07, 6.45) is 3.81. The summed E-state index contributed by atoms with van der Waals surface area (Å²) < 4.78 is 27.5. The second-order valence-corrected chi connectivity index (χ2v) is 11.1. The van der Waals surface area contributed by atoms with E-state index in [0.717, 1.165) is 13.1 Å². The number of piperidine rings is 1. The van der Waals surface area contributed by atoms with Crippen LogP contribution in [0.15, 0.2) is 53.4 Å². The van der Waals surface area contributed by atoms with Crippen molar-refractivity contribution in [1.82, 2.24) is 14.1 Å². The molecule has 8 heteroatoms. The van der Waals surface area contributed by atoms with Crippen molar-refractivity contribution >= 4 is 21.6 Å². The third-order valence-corrected chi connectivity index (χ3v) is 8.63. The van der Waals surface area contributed by atoms with Gasteiger partial charge in [-0.3, -0.25) is 9.69 Å². The van der Waals surface area contributed by atoms with Gasteiger partial charge < -0.3 is 10.2 Å². The minimum atomic E-state index is -3.62. The van der Waals surface area contributed by atoms with Crippen LogP contribution in [-0.2, 0) is 16.6 Å². The number of amides is 1. The molecular weight excluding hydrogens is 436 g/mol. The van der Waals surface area contributed by atoms with Crippen LogP contribution in [0.5, 0.6) is 0 Å². The molecule has 33 heavy (non-hydrogen) atoms. The van der Waals surface area contributed by atoms with Crippen molar-refractivity contribution in [2.45, 2.75) is 43.7 Å². The molecule has 0 aromatic heterocycles. The molecular formula is C25H34N4O3S. The zero-order valence-corrected chi connectivity index (χ0v) is 20.4. The number of hydrogen-bond donors (Lipinski definition) is 1.